The highest BCUT2D eigenvalue weighted by Gasteiger charge is 2.19. The molecule has 0 unspecified atom stereocenters. The Morgan fingerprint density at radius 2 is 2.00 bits per heavy atom. The second-order valence-electron chi connectivity index (χ2n) is 4.02. The standard InChI is InChI=1S/C13H11ClN2O3/c1-7-6-10(17)16(13(19)11(7)12(15)18)9-5-3-2-4-8(9)14/h2-6,19H,1H3,(H2,15,18). The number of amides is 1. The predicted octanol–water partition coefficient (Wildman–Crippen LogP) is 1.60. The number of benzene rings is 1. The van der Waals surface area contributed by atoms with Crippen LogP contribution in [0, 0.1) is 6.92 Å². The van der Waals surface area contributed by atoms with Crippen LogP contribution in [-0.4, -0.2) is 15.6 Å². The van der Waals surface area contributed by atoms with Crippen LogP contribution in [0.25, 0.3) is 5.69 Å². The van der Waals surface area contributed by atoms with Crippen molar-refractivity contribution in [2.45, 2.75) is 6.92 Å². The molecule has 1 aromatic carbocycles. The van der Waals surface area contributed by atoms with Crippen LogP contribution in [-0.2, 0) is 0 Å². The van der Waals surface area contributed by atoms with Gasteiger partial charge in [0.05, 0.1) is 10.7 Å². The first-order chi connectivity index (χ1) is 8.93. The third-order valence-corrected chi connectivity index (χ3v) is 3.05. The average Bonchev–Trinajstić information content (AvgIpc) is 2.30. The molecule has 0 saturated carbocycles. The van der Waals surface area contributed by atoms with E-state index in [1.165, 1.54) is 13.0 Å². The molecule has 0 fully saturated rings. The van der Waals surface area contributed by atoms with E-state index in [4.69, 9.17) is 17.3 Å². The molecule has 2 rings (SSSR count). The number of nitrogens with two attached hydrogens (primary N) is 1. The first-order valence-corrected chi connectivity index (χ1v) is 5.81. The molecule has 0 aliphatic heterocycles. The molecule has 0 bridgehead atoms. The number of primary amides is 1. The number of nitrogens with zero attached hydrogens (tertiary/aromatic N) is 1. The number of rotatable bonds is 2. The molecule has 0 aliphatic rings. The van der Waals surface area contributed by atoms with E-state index in [1.54, 1.807) is 24.3 Å². The molecular weight excluding hydrogens is 268 g/mol. The summed E-state index contributed by atoms with van der Waals surface area (Å²) in [7, 11) is 0. The highest BCUT2D eigenvalue weighted by Crippen LogP contribution is 2.26. The fourth-order valence-electron chi connectivity index (χ4n) is 1.88. The van der Waals surface area contributed by atoms with Crippen LogP contribution in [0.4, 0.5) is 0 Å². The van der Waals surface area contributed by atoms with Crippen LogP contribution in [0.5, 0.6) is 5.88 Å². The van der Waals surface area contributed by atoms with E-state index in [-0.39, 0.29) is 16.3 Å². The average molecular weight is 279 g/mol. The Morgan fingerprint density at radius 1 is 1.37 bits per heavy atom. The van der Waals surface area contributed by atoms with Gasteiger partial charge in [0, 0.05) is 6.07 Å². The van der Waals surface area contributed by atoms with Gasteiger partial charge in [0.1, 0.15) is 5.56 Å². The quantitative estimate of drug-likeness (QED) is 0.875. The van der Waals surface area contributed by atoms with Crippen molar-refractivity contribution < 1.29 is 9.90 Å². The minimum Gasteiger partial charge on any atom is -0.494 e. The number of halogens is 1. The van der Waals surface area contributed by atoms with Crippen LogP contribution in [0.1, 0.15) is 15.9 Å². The number of aromatic hydroxyl groups is 1. The summed E-state index contributed by atoms with van der Waals surface area (Å²) >= 11 is 5.99. The van der Waals surface area contributed by atoms with Crippen LogP contribution in [0.2, 0.25) is 5.02 Å². The highest BCUT2D eigenvalue weighted by molar-refractivity contribution is 6.32. The summed E-state index contributed by atoms with van der Waals surface area (Å²) < 4.78 is 0.954. The molecule has 6 heteroatoms. The van der Waals surface area contributed by atoms with Gasteiger partial charge in [-0.2, -0.15) is 0 Å². The smallest absolute Gasteiger partial charge is 0.258 e. The highest BCUT2D eigenvalue weighted by atomic mass is 35.5. The van der Waals surface area contributed by atoms with E-state index in [9.17, 15) is 14.7 Å². The maximum Gasteiger partial charge on any atom is 0.258 e. The Morgan fingerprint density at radius 3 is 2.58 bits per heavy atom. The molecule has 2 aromatic rings. The Balaban J connectivity index is 2.86. The van der Waals surface area contributed by atoms with Crippen LogP contribution < -0.4 is 11.3 Å². The van der Waals surface area contributed by atoms with Gasteiger partial charge < -0.3 is 10.8 Å². The fourth-order valence-corrected chi connectivity index (χ4v) is 2.11. The lowest BCUT2D eigenvalue weighted by molar-refractivity contribution is 0.0996. The molecule has 1 aromatic heterocycles. The summed E-state index contributed by atoms with van der Waals surface area (Å²) in [5, 5.41) is 10.4. The summed E-state index contributed by atoms with van der Waals surface area (Å²) in [4.78, 5) is 23.3. The van der Waals surface area contributed by atoms with E-state index in [1.807, 2.05) is 0 Å². The van der Waals surface area contributed by atoms with Gasteiger partial charge in [0.2, 0.25) is 5.88 Å². The summed E-state index contributed by atoms with van der Waals surface area (Å²) in [5.41, 5.74) is 5.22. The minimum absolute atomic E-state index is 0.0977. The number of hydrogen-bond acceptors (Lipinski definition) is 3. The molecule has 1 amide bonds. The van der Waals surface area contributed by atoms with E-state index >= 15 is 0 Å². The molecule has 98 valence electrons. The number of carbonyl (C=O) groups is 1. The van der Waals surface area contributed by atoms with Crippen molar-refractivity contribution in [3.05, 3.63) is 56.8 Å². The first-order valence-electron chi connectivity index (χ1n) is 5.44. The monoisotopic (exact) mass is 278 g/mol. The normalized spacial score (nSPS) is 10.4. The van der Waals surface area contributed by atoms with Crippen LogP contribution in [0.15, 0.2) is 35.1 Å². The van der Waals surface area contributed by atoms with Crippen LogP contribution >= 0.6 is 11.6 Å². The number of para-hydroxylation sites is 1. The minimum atomic E-state index is -0.809. The van der Waals surface area contributed by atoms with Gasteiger partial charge in [-0.1, -0.05) is 23.7 Å². The fraction of sp³-hybridized carbons (Fsp3) is 0.0769. The molecule has 0 spiro atoms. The lowest BCUT2D eigenvalue weighted by atomic mass is 10.1. The summed E-state index contributed by atoms with van der Waals surface area (Å²) in [6.07, 6.45) is 0. The maximum absolute atomic E-state index is 12.0. The number of carbonyl (C=O) groups excluding carboxylic acids is 1. The van der Waals surface area contributed by atoms with Gasteiger partial charge in [-0.3, -0.25) is 9.59 Å². The van der Waals surface area contributed by atoms with Crippen molar-refractivity contribution >= 4 is 17.5 Å². The molecule has 0 radical (unpaired) electrons. The van der Waals surface area contributed by atoms with Crippen molar-refractivity contribution in [2.75, 3.05) is 0 Å². The van der Waals surface area contributed by atoms with Crippen molar-refractivity contribution in [1.29, 1.82) is 0 Å². The molecule has 0 aliphatic carbocycles. The molecule has 19 heavy (non-hydrogen) atoms. The van der Waals surface area contributed by atoms with Crippen molar-refractivity contribution in [2.24, 2.45) is 5.73 Å². The zero-order chi connectivity index (χ0) is 14.2. The van der Waals surface area contributed by atoms with Gasteiger partial charge in [-0.25, -0.2) is 4.57 Å². The first kappa shape index (κ1) is 13.2. The topological polar surface area (TPSA) is 85.3 Å². The Kier molecular flexibility index (Phi) is 3.31. The van der Waals surface area contributed by atoms with Gasteiger partial charge in [-0.15, -0.1) is 0 Å². The maximum atomic E-state index is 12.0. The molecule has 1 heterocycles. The summed E-state index contributed by atoms with van der Waals surface area (Å²) in [5.74, 6) is -1.32. The molecule has 0 atom stereocenters. The Hall–Kier alpha value is -2.27. The van der Waals surface area contributed by atoms with Crippen molar-refractivity contribution in [1.82, 2.24) is 4.57 Å². The third-order valence-electron chi connectivity index (χ3n) is 2.73. The largest absolute Gasteiger partial charge is 0.494 e. The van der Waals surface area contributed by atoms with E-state index < -0.39 is 17.3 Å². The van der Waals surface area contributed by atoms with Crippen molar-refractivity contribution in [3.8, 4) is 11.6 Å². The number of pyridine rings is 1. The third kappa shape index (κ3) is 2.20. The lowest BCUT2D eigenvalue weighted by Crippen LogP contribution is -2.23. The zero-order valence-electron chi connectivity index (χ0n) is 10.1. The van der Waals surface area contributed by atoms with Gasteiger partial charge in [-0.05, 0) is 24.6 Å². The van der Waals surface area contributed by atoms with E-state index in [0.717, 1.165) is 4.57 Å². The van der Waals surface area contributed by atoms with E-state index in [2.05, 4.69) is 0 Å². The molecule has 5 nitrogen and oxygen atoms in total. The molecular formula is C13H11ClN2O3. The number of hydrogen-bond donors (Lipinski definition) is 2. The molecule has 0 saturated heterocycles. The van der Waals surface area contributed by atoms with Crippen molar-refractivity contribution in [3.63, 3.8) is 0 Å². The molecule has 3 N–H and O–H groups in total. The van der Waals surface area contributed by atoms with Crippen LogP contribution in [0.3, 0.4) is 0 Å². The summed E-state index contributed by atoms with van der Waals surface area (Å²) in [6, 6.07) is 7.72. The Labute approximate surface area is 113 Å². The van der Waals surface area contributed by atoms with Gasteiger partial charge in [0.15, 0.2) is 0 Å². The SMILES string of the molecule is Cc1cc(=O)n(-c2ccccc2Cl)c(O)c1C(N)=O. The van der Waals surface area contributed by atoms with Gasteiger partial charge >= 0.3 is 0 Å². The number of aryl methyl sites for hydroxylation is 1. The lowest BCUT2D eigenvalue weighted by Gasteiger charge is -2.13. The predicted molar refractivity (Wildman–Crippen MR) is 72.0 cm³/mol. The Bertz CT molecular complexity index is 722. The van der Waals surface area contributed by atoms with Gasteiger partial charge in [0.25, 0.3) is 11.5 Å². The zero-order valence-corrected chi connectivity index (χ0v) is 10.8. The number of aromatic nitrogens is 1. The summed E-state index contributed by atoms with van der Waals surface area (Å²) in [6.45, 7) is 1.53. The van der Waals surface area contributed by atoms with E-state index in [0.29, 0.717) is 5.56 Å². The second-order valence-corrected chi connectivity index (χ2v) is 4.42. The second kappa shape index (κ2) is 4.78.